The molecule has 0 aliphatic heterocycles. The molecule has 1 aromatic rings. The highest BCUT2D eigenvalue weighted by atomic mass is 31.2. The summed E-state index contributed by atoms with van der Waals surface area (Å²) >= 11 is 0. The van der Waals surface area contributed by atoms with Gasteiger partial charge in [0.1, 0.15) is 5.69 Å². The van der Waals surface area contributed by atoms with Crippen LogP contribution < -0.4 is 0 Å². The lowest BCUT2D eigenvalue weighted by atomic mass is 10.0. The van der Waals surface area contributed by atoms with Gasteiger partial charge in [-0.05, 0) is 12.0 Å². The molecular formula is C14H16F4N3O7P. The van der Waals surface area contributed by atoms with Crippen LogP contribution in [-0.2, 0) is 18.6 Å². The number of carbonyl (C=O) groups is 1. The van der Waals surface area contributed by atoms with Gasteiger partial charge in [0.2, 0.25) is 0 Å². The van der Waals surface area contributed by atoms with Crippen LogP contribution in [0.25, 0.3) is 10.4 Å². The maximum atomic E-state index is 13.8. The maximum Gasteiger partial charge on any atom is 0.469 e. The summed E-state index contributed by atoms with van der Waals surface area (Å²) in [7, 11) is -4.56. The van der Waals surface area contributed by atoms with Gasteiger partial charge in [0, 0.05) is 17.9 Å². The van der Waals surface area contributed by atoms with Crippen molar-refractivity contribution in [3.63, 3.8) is 0 Å². The number of Topliss-reactive ketones (excluding diaryl/α,β-unsaturated/α-hetero) is 1. The Balaban J connectivity index is 2.41. The van der Waals surface area contributed by atoms with E-state index in [1.807, 2.05) is 0 Å². The Bertz CT molecular complexity index is 801. The molecule has 0 spiro atoms. The van der Waals surface area contributed by atoms with E-state index in [4.69, 9.17) is 24.8 Å². The number of nitrogens with zero attached hydrogens (tertiary/aromatic N) is 3. The molecule has 0 aliphatic rings. The van der Waals surface area contributed by atoms with Gasteiger partial charge in [-0.25, -0.2) is 22.1 Å². The Morgan fingerprint density at radius 1 is 0.966 bits per heavy atom. The number of phosphoric acid groups is 1. The molecule has 10 nitrogen and oxygen atoms in total. The predicted molar refractivity (Wildman–Crippen MR) is 88.3 cm³/mol. The van der Waals surface area contributed by atoms with Gasteiger partial charge in [0.15, 0.2) is 29.1 Å². The average Bonchev–Trinajstić information content (AvgIpc) is 2.64. The number of hydrogen-bond donors (Lipinski definition) is 2. The lowest BCUT2D eigenvalue weighted by molar-refractivity contribution is 0.0312. The Morgan fingerprint density at radius 3 is 2.00 bits per heavy atom. The van der Waals surface area contributed by atoms with Gasteiger partial charge in [0.05, 0.1) is 32.0 Å². The first-order chi connectivity index (χ1) is 13.6. The van der Waals surface area contributed by atoms with Crippen LogP contribution in [0.3, 0.4) is 0 Å². The van der Waals surface area contributed by atoms with E-state index in [9.17, 15) is 26.9 Å². The Labute approximate surface area is 161 Å². The van der Waals surface area contributed by atoms with Gasteiger partial charge in [-0.2, -0.15) is 0 Å². The summed E-state index contributed by atoms with van der Waals surface area (Å²) in [5.74, 6) is -9.06. The van der Waals surface area contributed by atoms with Crippen LogP contribution >= 0.6 is 7.82 Å². The van der Waals surface area contributed by atoms with Crippen molar-refractivity contribution < 1.29 is 50.7 Å². The number of hydrogen-bond acceptors (Lipinski definition) is 6. The van der Waals surface area contributed by atoms with Crippen molar-refractivity contribution in [2.45, 2.75) is 12.8 Å². The predicted octanol–water partition coefficient (Wildman–Crippen LogP) is 3.29. The topological polar surface area (TPSA) is 151 Å². The molecule has 0 saturated heterocycles. The second-order valence-corrected chi connectivity index (χ2v) is 6.48. The fourth-order valence-corrected chi connectivity index (χ4v) is 2.31. The first-order valence-electron chi connectivity index (χ1n) is 7.90. The fraction of sp³-hybridized carbons (Fsp3) is 0.500. The van der Waals surface area contributed by atoms with Crippen molar-refractivity contribution in [3.05, 3.63) is 39.3 Å². The average molecular weight is 445 g/mol. The summed E-state index contributed by atoms with van der Waals surface area (Å²) in [5, 5.41) is 2.52. The number of ether oxygens (including phenoxy) is 2. The Kier molecular flexibility index (Phi) is 10.2. The lowest BCUT2D eigenvalue weighted by Gasteiger charge is -2.09. The van der Waals surface area contributed by atoms with E-state index in [1.54, 1.807) is 0 Å². The van der Waals surface area contributed by atoms with Crippen LogP contribution in [0.5, 0.6) is 0 Å². The molecule has 0 aromatic heterocycles. The molecule has 0 bridgehead atoms. The molecule has 162 valence electrons. The first kappa shape index (κ1) is 25.0. The smallest absolute Gasteiger partial charge is 0.379 e. The van der Waals surface area contributed by atoms with Crippen molar-refractivity contribution in [2.75, 3.05) is 33.0 Å². The molecule has 0 aliphatic carbocycles. The van der Waals surface area contributed by atoms with Crippen molar-refractivity contribution in [2.24, 2.45) is 5.11 Å². The quantitative estimate of drug-likeness (QED) is 0.0691. The second-order valence-electron chi connectivity index (χ2n) is 5.24. The van der Waals surface area contributed by atoms with Crippen LogP contribution in [0.2, 0.25) is 0 Å². The Hall–Kier alpha value is -2.05. The summed E-state index contributed by atoms with van der Waals surface area (Å²) in [6.45, 7) is -0.398. The largest absolute Gasteiger partial charge is 0.469 e. The number of ketones is 1. The minimum Gasteiger partial charge on any atom is -0.379 e. The maximum absolute atomic E-state index is 13.8. The normalized spacial score (nSPS) is 11.4. The first-order valence-corrected chi connectivity index (χ1v) is 9.43. The van der Waals surface area contributed by atoms with Crippen LogP contribution in [0.1, 0.15) is 23.2 Å². The second kappa shape index (κ2) is 11.8. The van der Waals surface area contributed by atoms with Gasteiger partial charge >= 0.3 is 7.82 Å². The SMILES string of the molecule is [N-]=[N+]=Nc1c(F)c(F)c(C(=O)CCCOCCOCCOP(=O)(O)O)c(F)c1F. The number of rotatable bonds is 13. The van der Waals surface area contributed by atoms with Crippen molar-refractivity contribution in [3.8, 4) is 0 Å². The van der Waals surface area contributed by atoms with E-state index < -0.39 is 54.5 Å². The molecule has 29 heavy (non-hydrogen) atoms. The molecule has 2 N–H and O–H groups in total. The van der Waals surface area contributed by atoms with Crippen LogP contribution in [0.15, 0.2) is 5.11 Å². The molecule has 1 rings (SSSR count). The highest BCUT2D eigenvalue weighted by Gasteiger charge is 2.28. The third-order valence-electron chi connectivity index (χ3n) is 3.22. The lowest BCUT2D eigenvalue weighted by Crippen LogP contribution is -2.12. The molecule has 15 heteroatoms. The highest BCUT2D eigenvalue weighted by molar-refractivity contribution is 7.46. The number of azide groups is 1. The van der Waals surface area contributed by atoms with E-state index in [0.29, 0.717) is 0 Å². The molecule has 0 saturated carbocycles. The molecule has 0 unspecified atom stereocenters. The van der Waals surface area contributed by atoms with Gasteiger partial charge in [-0.1, -0.05) is 5.11 Å². The summed E-state index contributed by atoms with van der Waals surface area (Å²) in [6.07, 6.45) is -0.509. The molecule has 0 radical (unpaired) electrons. The minimum absolute atomic E-state index is 0.0274. The summed E-state index contributed by atoms with van der Waals surface area (Å²) in [4.78, 5) is 30.8. The number of phosphoric ester groups is 1. The van der Waals surface area contributed by atoms with E-state index in [0.717, 1.165) is 0 Å². The number of carbonyl (C=O) groups excluding carboxylic acids is 1. The number of benzene rings is 1. The third-order valence-corrected chi connectivity index (χ3v) is 3.73. The molecular weight excluding hydrogens is 429 g/mol. The van der Waals surface area contributed by atoms with E-state index in [2.05, 4.69) is 14.5 Å². The van der Waals surface area contributed by atoms with Gasteiger partial charge in [-0.15, -0.1) is 0 Å². The molecule has 1 aromatic carbocycles. The zero-order chi connectivity index (χ0) is 22.0. The molecule has 0 atom stereocenters. The molecule has 0 heterocycles. The summed E-state index contributed by atoms with van der Waals surface area (Å²) in [5.41, 5.74) is 5.24. The zero-order valence-corrected chi connectivity index (χ0v) is 15.6. The van der Waals surface area contributed by atoms with E-state index >= 15 is 0 Å². The van der Waals surface area contributed by atoms with Crippen molar-refractivity contribution in [1.82, 2.24) is 0 Å². The van der Waals surface area contributed by atoms with Crippen LogP contribution in [0.4, 0.5) is 23.2 Å². The summed E-state index contributed by atoms with van der Waals surface area (Å²) < 4.78 is 79.5. The number of halogens is 4. The minimum atomic E-state index is -4.56. The van der Waals surface area contributed by atoms with E-state index in [1.165, 1.54) is 0 Å². The van der Waals surface area contributed by atoms with Crippen molar-refractivity contribution >= 4 is 19.3 Å². The standard InChI is InChI=1S/C14H16F4N3O7P/c15-10-9(11(16)13(18)14(12(10)17)20-21-19)8(22)2-1-3-26-4-5-27-6-7-28-29(23,24)25/h1-7H2,(H2,23,24,25). The van der Waals surface area contributed by atoms with Gasteiger partial charge in [-0.3, -0.25) is 9.32 Å². The molecule has 0 fully saturated rings. The highest BCUT2D eigenvalue weighted by Crippen LogP contribution is 2.35. The Morgan fingerprint density at radius 2 is 1.48 bits per heavy atom. The third kappa shape index (κ3) is 8.07. The van der Waals surface area contributed by atoms with Crippen LogP contribution in [0, 0.1) is 23.3 Å². The van der Waals surface area contributed by atoms with Crippen molar-refractivity contribution in [1.29, 1.82) is 0 Å². The zero-order valence-electron chi connectivity index (χ0n) is 14.7. The monoisotopic (exact) mass is 445 g/mol. The molecule has 0 amide bonds. The summed E-state index contributed by atoms with van der Waals surface area (Å²) in [6, 6.07) is 0. The van der Waals surface area contributed by atoms with E-state index in [-0.39, 0.29) is 39.5 Å². The van der Waals surface area contributed by atoms with Gasteiger partial charge < -0.3 is 19.3 Å². The van der Waals surface area contributed by atoms with Gasteiger partial charge in [0.25, 0.3) is 0 Å². The fourth-order valence-electron chi connectivity index (χ4n) is 1.99. The van der Waals surface area contributed by atoms with Crippen LogP contribution in [-0.4, -0.2) is 48.6 Å².